The lowest BCUT2D eigenvalue weighted by Gasteiger charge is -2.09. The molecule has 2 aromatic rings. The van der Waals surface area contributed by atoms with Gasteiger partial charge in [-0.15, -0.1) is 0 Å². The number of hydrogen-bond donors (Lipinski definition) is 1. The van der Waals surface area contributed by atoms with Crippen LogP contribution in [-0.4, -0.2) is 0 Å². The van der Waals surface area contributed by atoms with Gasteiger partial charge >= 0.3 is 0 Å². The molecule has 0 atom stereocenters. The summed E-state index contributed by atoms with van der Waals surface area (Å²) in [4.78, 5) is 0. The minimum Gasteiger partial charge on any atom is -0.398 e. The van der Waals surface area contributed by atoms with E-state index >= 15 is 0 Å². The van der Waals surface area contributed by atoms with Crippen LogP contribution in [0.25, 0.3) is 11.1 Å². The third-order valence-corrected chi connectivity index (χ3v) is 2.79. The van der Waals surface area contributed by atoms with Crippen LogP contribution in [0.1, 0.15) is 5.56 Å². The molecule has 17 heavy (non-hydrogen) atoms. The Morgan fingerprint density at radius 1 is 1.00 bits per heavy atom. The van der Waals surface area contributed by atoms with E-state index in [-0.39, 0.29) is 5.56 Å². The monoisotopic (exact) mass is 253 g/mol. The van der Waals surface area contributed by atoms with Crippen LogP contribution in [0, 0.1) is 18.6 Å². The molecule has 88 valence electrons. The summed E-state index contributed by atoms with van der Waals surface area (Å²) in [6.45, 7) is 1.57. The van der Waals surface area contributed by atoms with E-state index in [1.54, 1.807) is 25.1 Å². The van der Waals surface area contributed by atoms with Crippen molar-refractivity contribution in [2.45, 2.75) is 6.92 Å². The second-order valence-corrected chi connectivity index (χ2v) is 4.25. The second-order valence-electron chi connectivity index (χ2n) is 3.81. The number of nitrogen functional groups attached to an aromatic ring is 1. The molecule has 2 aromatic carbocycles. The lowest BCUT2D eigenvalue weighted by molar-refractivity contribution is 0.579. The van der Waals surface area contributed by atoms with Crippen LogP contribution in [0.4, 0.5) is 14.5 Å². The summed E-state index contributed by atoms with van der Waals surface area (Å²) in [6.07, 6.45) is 0. The normalized spacial score (nSPS) is 10.6. The summed E-state index contributed by atoms with van der Waals surface area (Å²) in [6, 6.07) is 7.05. The van der Waals surface area contributed by atoms with E-state index in [0.717, 1.165) is 6.07 Å². The van der Waals surface area contributed by atoms with Crippen molar-refractivity contribution in [1.29, 1.82) is 0 Å². The minimum atomic E-state index is -0.651. The van der Waals surface area contributed by atoms with E-state index < -0.39 is 11.6 Å². The van der Waals surface area contributed by atoms with Crippen LogP contribution in [0.2, 0.25) is 5.02 Å². The molecule has 0 radical (unpaired) electrons. The zero-order chi connectivity index (χ0) is 12.6. The Labute approximate surface area is 103 Å². The van der Waals surface area contributed by atoms with Gasteiger partial charge in [-0.25, -0.2) is 8.78 Å². The molecule has 4 heteroatoms. The summed E-state index contributed by atoms with van der Waals surface area (Å²) in [5, 5.41) is 0.454. The van der Waals surface area contributed by atoms with Crippen LogP contribution in [0.3, 0.4) is 0 Å². The highest BCUT2D eigenvalue weighted by atomic mass is 35.5. The van der Waals surface area contributed by atoms with E-state index in [9.17, 15) is 8.78 Å². The van der Waals surface area contributed by atoms with Crippen molar-refractivity contribution in [1.82, 2.24) is 0 Å². The van der Waals surface area contributed by atoms with Gasteiger partial charge in [-0.1, -0.05) is 11.6 Å². The van der Waals surface area contributed by atoms with Gasteiger partial charge in [0.05, 0.1) is 0 Å². The molecule has 0 bridgehead atoms. The molecule has 0 unspecified atom stereocenters. The largest absolute Gasteiger partial charge is 0.398 e. The van der Waals surface area contributed by atoms with Crippen molar-refractivity contribution >= 4 is 17.3 Å². The van der Waals surface area contributed by atoms with E-state index in [1.807, 2.05) is 0 Å². The Morgan fingerprint density at radius 3 is 2.41 bits per heavy atom. The maximum Gasteiger partial charge on any atom is 0.134 e. The summed E-state index contributed by atoms with van der Waals surface area (Å²) in [5.74, 6) is -1.23. The summed E-state index contributed by atoms with van der Waals surface area (Å²) in [7, 11) is 0. The topological polar surface area (TPSA) is 26.0 Å². The molecular formula is C13H10ClF2N. The molecule has 0 saturated carbocycles. The fourth-order valence-electron chi connectivity index (χ4n) is 1.63. The smallest absolute Gasteiger partial charge is 0.134 e. The predicted octanol–water partition coefficient (Wildman–Crippen LogP) is 4.18. The fraction of sp³-hybridized carbons (Fsp3) is 0.0769. The Bertz CT molecular complexity index is 582. The standard InChI is InChI=1S/C13H10ClF2N/c1-7-4-9(12(16)6-11(7)15)10-5-8(14)2-3-13(10)17/h2-6H,17H2,1H3. The van der Waals surface area contributed by atoms with Gasteiger partial charge in [-0.3, -0.25) is 0 Å². The van der Waals surface area contributed by atoms with Crippen LogP contribution in [0.5, 0.6) is 0 Å². The van der Waals surface area contributed by atoms with Gasteiger partial charge in [0.1, 0.15) is 11.6 Å². The SMILES string of the molecule is Cc1cc(-c2cc(Cl)ccc2N)c(F)cc1F. The van der Waals surface area contributed by atoms with Gasteiger partial charge in [0.25, 0.3) is 0 Å². The van der Waals surface area contributed by atoms with Crippen LogP contribution >= 0.6 is 11.6 Å². The molecule has 0 aromatic heterocycles. The first-order valence-corrected chi connectivity index (χ1v) is 5.38. The quantitative estimate of drug-likeness (QED) is 0.758. The van der Waals surface area contributed by atoms with Crippen LogP contribution in [0.15, 0.2) is 30.3 Å². The summed E-state index contributed by atoms with van der Waals surface area (Å²) < 4.78 is 26.8. The molecule has 0 spiro atoms. The zero-order valence-corrected chi connectivity index (χ0v) is 9.85. The first kappa shape index (κ1) is 11.9. The minimum absolute atomic E-state index is 0.254. The molecule has 0 aliphatic heterocycles. The molecule has 0 aliphatic rings. The Balaban J connectivity index is 2.68. The van der Waals surface area contributed by atoms with E-state index in [4.69, 9.17) is 17.3 Å². The lowest BCUT2D eigenvalue weighted by atomic mass is 10.0. The van der Waals surface area contributed by atoms with Crippen molar-refractivity contribution < 1.29 is 8.78 Å². The van der Waals surface area contributed by atoms with E-state index in [0.29, 0.717) is 21.8 Å². The summed E-state index contributed by atoms with van der Waals surface area (Å²) in [5.41, 5.74) is 7.25. The molecule has 0 fully saturated rings. The number of anilines is 1. The highest BCUT2D eigenvalue weighted by Crippen LogP contribution is 2.32. The maximum atomic E-state index is 13.7. The van der Waals surface area contributed by atoms with Gasteiger partial charge < -0.3 is 5.73 Å². The molecular weight excluding hydrogens is 244 g/mol. The van der Waals surface area contributed by atoms with Crippen molar-refractivity contribution in [3.8, 4) is 11.1 Å². The number of nitrogens with two attached hydrogens (primary N) is 1. The van der Waals surface area contributed by atoms with Gasteiger partial charge in [0.15, 0.2) is 0 Å². The molecule has 2 N–H and O–H groups in total. The molecule has 0 aliphatic carbocycles. The van der Waals surface area contributed by atoms with Gasteiger partial charge in [-0.05, 0) is 36.8 Å². The molecule has 0 amide bonds. The highest BCUT2D eigenvalue weighted by molar-refractivity contribution is 6.31. The molecule has 0 saturated heterocycles. The van der Waals surface area contributed by atoms with Crippen molar-refractivity contribution in [3.05, 3.63) is 52.6 Å². The van der Waals surface area contributed by atoms with Crippen molar-refractivity contribution in [2.75, 3.05) is 5.73 Å². The summed E-state index contributed by atoms with van der Waals surface area (Å²) >= 11 is 5.84. The van der Waals surface area contributed by atoms with Crippen molar-refractivity contribution in [2.24, 2.45) is 0 Å². The highest BCUT2D eigenvalue weighted by Gasteiger charge is 2.12. The lowest BCUT2D eigenvalue weighted by Crippen LogP contribution is -1.95. The number of aryl methyl sites for hydroxylation is 1. The Morgan fingerprint density at radius 2 is 1.71 bits per heavy atom. The number of halogens is 3. The maximum absolute atomic E-state index is 13.7. The predicted molar refractivity (Wildman–Crippen MR) is 66.0 cm³/mol. The molecule has 2 rings (SSSR count). The first-order valence-electron chi connectivity index (χ1n) is 5.00. The van der Waals surface area contributed by atoms with Crippen LogP contribution in [-0.2, 0) is 0 Å². The number of benzene rings is 2. The second kappa shape index (κ2) is 4.34. The third kappa shape index (κ3) is 2.24. The molecule has 1 nitrogen and oxygen atoms in total. The Hall–Kier alpha value is -1.61. The third-order valence-electron chi connectivity index (χ3n) is 2.55. The van der Waals surface area contributed by atoms with Crippen LogP contribution < -0.4 is 5.73 Å². The average molecular weight is 254 g/mol. The van der Waals surface area contributed by atoms with E-state index in [2.05, 4.69) is 0 Å². The fourth-order valence-corrected chi connectivity index (χ4v) is 1.80. The van der Waals surface area contributed by atoms with Gasteiger partial charge in [-0.2, -0.15) is 0 Å². The van der Waals surface area contributed by atoms with E-state index in [1.165, 1.54) is 6.07 Å². The average Bonchev–Trinajstić information content (AvgIpc) is 2.27. The number of hydrogen-bond acceptors (Lipinski definition) is 1. The van der Waals surface area contributed by atoms with Crippen molar-refractivity contribution in [3.63, 3.8) is 0 Å². The van der Waals surface area contributed by atoms with Gasteiger partial charge in [0.2, 0.25) is 0 Å². The van der Waals surface area contributed by atoms with Gasteiger partial charge in [0, 0.05) is 27.9 Å². The first-order chi connectivity index (χ1) is 7.99. The zero-order valence-electron chi connectivity index (χ0n) is 9.10. The molecule has 0 heterocycles. The number of rotatable bonds is 1. The Kier molecular flexibility index (Phi) is 3.03.